The molecule has 0 bridgehead atoms. The monoisotopic (exact) mass is 327 g/mol. The molecular weight excluding hydrogens is 310 g/mol. The largest absolute Gasteiger partial charge is 0.481 e. The van der Waals surface area contributed by atoms with Crippen LogP contribution in [0.3, 0.4) is 0 Å². The van der Waals surface area contributed by atoms with E-state index in [0.29, 0.717) is 23.0 Å². The average molecular weight is 327 g/mol. The highest BCUT2D eigenvalue weighted by Gasteiger charge is 2.32. The number of aromatic nitrogens is 1. The maximum Gasteiger partial charge on any atom is 0.268 e. The third-order valence-corrected chi connectivity index (χ3v) is 3.60. The zero-order chi connectivity index (χ0) is 17.1. The standard InChI is InChI=1S/C17H17N3O4/c1-11-17(22)20(13-5-3-4-6-14(13)24-11)10-15(21)19-12-7-8-16(23-2)18-9-12/h3-9,11H,10H2,1-2H3,(H,19,21)/t11-/m1/s1. The van der Waals surface area contributed by atoms with Crippen LogP contribution in [0.5, 0.6) is 11.6 Å². The van der Waals surface area contributed by atoms with Gasteiger partial charge in [-0.1, -0.05) is 12.1 Å². The van der Waals surface area contributed by atoms with Crippen molar-refractivity contribution in [3.8, 4) is 11.6 Å². The Hall–Kier alpha value is -3.09. The van der Waals surface area contributed by atoms with Crippen molar-refractivity contribution in [1.82, 2.24) is 4.98 Å². The lowest BCUT2D eigenvalue weighted by molar-refractivity contribution is -0.127. The Morgan fingerprint density at radius 3 is 2.83 bits per heavy atom. The molecule has 1 aliphatic rings. The van der Waals surface area contributed by atoms with Crippen LogP contribution < -0.4 is 19.7 Å². The Balaban J connectivity index is 1.74. The fourth-order valence-electron chi connectivity index (χ4n) is 2.44. The molecule has 0 saturated carbocycles. The minimum atomic E-state index is -0.629. The van der Waals surface area contributed by atoms with Gasteiger partial charge < -0.3 is 14.8 Å². The van der Waals surface area contributed by atoms with Gasteiger partial charge in [0, 0.05) is 6.07 Å². The summed E-state index contributed by atoms with van der Waals surface area (Å²) in [7, 11) is 1.52. The number of rotatable bonds is 4. The van der Waals surface area contributed by atoms with E-state index in [2.05, 4.69) is 10.3 Å². The van der Waals surface area contributed by atoms with Crippen molar-refractivity contribution in [3.05, 3.63) is 42.6 Å². The molecule has 1 aromatic carbocycles. The predicted octanol–water partition coefficient (Wildman–Crippen LogP) is 1.84. The zero-order valence-electron chi connectivity index (χ0n) is 13.4. The molecule has 2 aromatic rings. The first-order valence-corrected chi connectivity index (χ1v) is 7.45. The Morgan fingerprint density at radius 1 is 1.33 bits per heavy atom. The molecule has 2 heterocycles. The van der Waals surface area contributed by atoms with Gasteiger partial charge in [0.25, 0.3) is 5.91 Å². The number of pyridine rings is 1. The van der Waals surface area contributed by atoms with Crippen LogP contribution in [0.25, 0.3) is 0 Å². The van der Waals surface area contributed by atoms with Crippen LogP contribution in [0.1, 0.15) is 6.92 Å². The summed E-state index contributed by atoms with van der Waals surface area (Å²) in [5, 5.41) is 2.72. The molecule has 0 aliphatic carbocycles. The third-order valence-electron chi connectivity index (χ3n) is 3.60. The van der Waals surface area contributed by atoms with Crippen LogP contribution in [0.4, 0.5) is 11.4 Å². The van der Waals surface area contributed by atoms with E-state index in [9.17, 15) is 9.59 Å². The van der Waals surface area contributed by atoms with E-state index in [1.54, 1.807) is 37.3 Å². The lowest BCUT2D eigenvalue weighted by atomic mass is 10.2. The normalized spacial score (nSPS) is 16.2. The number of fused-ring (bicyclic) bond motifs is 1. The van der Waals surface area contributed by atoms with Crippen molar-refractivity contribution in [1.29, 1.82) is 0 Å². The van der Waals surface area contributed by atoms with Crippen molar-refractivity contribution in [2.45, 2.75) is 13.0 Å². The number of nitrogens with one attached hydrogen (secondary N) is 1. The summed E-state index contributed by atoms with van der Waals surface area (Å²) in [5.74, 6) is 0.471. The Morgan fingerprint density at radius 2 is 2.12 bits per heavy atom. The minimum Gasteiger partial charge on any atom is -0.481 e. The molecule has 3 rings (SSSR count). The van der Waals surface area contributed by atoms with Crippen LogP contribution in [-0.4, -0.2) is 36.6 Å². The average Bonchev–Trinajstić information content (AvgIpc) is 2.59. The molecule has 7 nitrogen and oxygen atoms in total. The molecule has 1 atom stereocenters. The Labute approximate surface area is 139 Å². The molecule has 7 heteroatoms. The lowest BCUT2D eigenvalue weighted by Gasteiger charge is -2.32. The number of nitrogens with zero attached hydrogens (tertiary/aromatic N) is 2. The number of methoxy groups -OCH3 is 1. The molecule has 1 aliphatic heterocycles. The summed E-state index contributed by atoms with van der Waals surface area (Å²) in [6, 6.07) is 10.5. The number of para-hydroxylation sites is 2. The van der Waals surface area contributed by atoms with Crippen molar-refractivity contribution >= 4 is 23.2 Å². The van der Waals surface area contributed by atoms with Crippen LogP contribution in [-0.2, 0) is 9.59 Å². The first-order chi connectivity index (χ1) is 11.6. The van der Waals surface area contributed by atoms with E-state index in [4.69, 9.17) is 9.47 Å². The number of ether oxygens (including phenoxy) is 2. The van der Waals surface area contributed by atoms with Crippen LogP contribution >= 0.6 is 0 Å². The molecule has 124 valence electrons. The number of carbonyl (C=O) groups is 2. The number of benzene rings is 1. The highest BCUT2D eigenvalue weighted by Crippen LogP contribution is 2.33. The summed E-state index contributed by atoms with van der Waals surface area (Å²) in [6.07, 6.45) is 0.865. The van der Waals surface area contributed by atoms with Crippen LogP contribution in [0, 0.1) is 0 Å². The third kappa shape index (κ3) is 3.15. The molecule has 0 radical (unpaired) electrons. The van der Waals surface area contributed by atoms with Gasteiger partial charge in [-0.2, -0.15) is 0 Å². The number of anilines is 2. The van der Waals surface area contributed by atoms with E-state index < -0.39 is 6.10 Å². The second-order valence-corrected chi connectivity index (χ2v) is 5.29. The van der Waals surface area contributed by atoms with Gasteiger partial charge in [0.05, 0.1) is 24.7 Å². The van der Waals surface area contributed by atoms with Crippen molar-refractivity contribution < 1.29 is 19.1 Å². The van der Waals surface area contributed by atoms with Gasteiger partial charge in [0.15, 0.2) is 6.10 Å². The van der Waals surface area contributed by atoms with E-state index in [0.717, 1.165) is 0 Å². The van der Waals surface area contributed by atoms with Crippen LogP contribution in [0.15, 0.2) is 42.6 Å². The van der Waals surface area contributed by atoms with Gasteiger partial charge in [0.2, 0.25) is 11.8 Å². The molecule has 0 unspecified atom stereocenters. The minimum absolute atomic E-state index is 0.102. The predicted molar refractivity (Wildman–Crippen MR) is 88.3 cm³/mol. The number of amides is 2. The van der Waals surface area contributed by atoms with E-state index >= 15 is 0 Å². The fraction of sp³-hybridized carbons (Fsp3) is 0.235. The summed E-state index contributed by atoms with van der Waals surface area (Å²) in [5.41, 5.74) is 1.12. The zero-order valence-corrected chi connectivity index (χ0v) is 13.4. The van der Waals surface area contributed by atoms with Crippen molar-refractivity contribution in [3.63, 3.8) is 0 Å². The highest BCUT2D eigenvalue weighted by atomic mass is 16.5. The summed E-state index contributed by atoms with van der Waals surface area (Å²) in [6.45, 7) is 1.56. The first kappa shape index (κ1) is 15.8. The molecule has 0 fully saturated rings. The number of carbonyl (C=O) groups excluding carboxylic acids is 2. The second kappa shape index (κ2) is 6.57. The smallest absolute Gasteiger partial charge is 0.268 e. The van der Waals surface area contributed by atoms with Crippen molar-refractivity contribution in [2.75, 3.05) is 23.9 Å². The van der Waals surface area contributed by atoms with Gasteiger partial charge >= 0.3 is 0 Å². The molecule has 24 heavy (non-hydrogen) atoms. The molecular formula is C17H17N3O4. The molecule has 2 amide bonds. The Bertz CT molecular complexity index is 761. The number of hydrogen-bond donors (Lipinski definition) is 1. The van der Waals surface area contributed by atoms with Gasteiger partial charge in [-0.15, -0.1) is 0 Å². The SMILES string of the molecule is COc1ccc(NC(=O)CN2C(=O)[C@@H](C)Oc3ccccc32)cn1. The quantitative estimate of drug-likeness (QED) is 0.927. The van der Waals surface area contributed by atoms with E-state index in [1.165, 1.54) is 18.2 Å². The maximum absolute atomic E-state index is 12.4. The number of hydrogen-bond acceptors (Lipinski definition) is 5. The van der Waals surface area contributed by atoms with E-state index in [1.807, 2.05) is 6.07 Å². The fourth-order valence-corrected chi connectivity index (χ4v) is 2.44. The van der Waals surface area contributed by atoms with E-state index in [-0.39, 0.29) is 18.4 Å². The van der Waals surface area contributed by atoms with Crippen molar-refractivity contribution in [2.24, 2.45) is 0 Å². The topological polar surface area (TPSA) is 80.8 Å². The summed E-state index contributed by atoms with van der Waals surface area (Å²) < 4.78 is 10.5. The van der Waals surface area contributed by atoms with Gasteiger partial charge in [-0.05, 0) is 25.1 Å². The lowest BCUT2D eigenvalue weighted by Crippen LogP contribution is -2.47. The molecule has 0 saturated heterocycles. The summed E-state index contributed by atoms with van der Waals surface area (Å²) in [4.78, 5) is 30.1. The highest BCUT2D eigenvalue weighted by molar-refractivity contribution is 6.06. The van der Waals surface area contributed by atoms with Gasteiger partial charge in [-0.3, -0.25) is 14.5 Å². The molecule has 0 spiro atoms. The maximum atomic E-state index is 12.4. The molecule has 1 aromatic heterocycles. The first-order valence-electron chi connectivity index (χ1n) is 7.45. The second-order valence-electron chi connectivity index (χ2n) is 5.29. The molecule has 1 N–H and O–H groups in total. The van der Waals surface area contributed by atoms with Gasteiger partial charge in [0.1, 0.15) is 12.3 Å². The summed E-state index contributed by atoms with van der Waals surface area (Å²) >= 11 is 0. The Kier molecular flexibility index (Phi) is 4.33. The van der Waals surface area contributed by atoms with Gasteiger partial charge in [-0.25, -0.2) is 4.98 Å². The van der Waals surface area contributed by atoms with Crippen LogP contribution in [0.2, 0.25) is 0 Å².